The molecule has 6 heteroatoms. The molecule has 0 saturated carbocycles. The van der Waals surface area contributed by atoms with Crippen LogP contribution in [-0.4, -0.2) is 43.7 Å². The quantitative estimate of drug-likeness (QED) is 0.892. The summed E-state index contributed by atoms with van der Waals surface area (Å²) in [5.41, 5.74) is 0.699. The van der Waals surface area contributed by atoms with Gasteiger partial charge in [0.15, 0.2) is 18.1 Å². The molecule has 0 radical (unpaired) electrons. The maximum Gasteiger partial charge on any atom is 0.259 e. The highest BCUT2D eigenvalue weighted by atomic mass is 79.9. The summed E-state index contributed by atoms with van der Waals surface area (Å²) in [4.78, 5) is 12.9. The smallest absolute Gasteiger partial charge is 0.259 e. The van der Waals surface area contributed by atoms with Crippen molar-refractivity contribution in [1.29, 1.82) is 0 Å². The zero-order valence-corrected chi connectivity index (χ0v) is 12.2. The minimum absolute atomic E-state index is 0.0690. The molecule has 0 spiro atoms. The summed E-state index contributed by atoms with van der Waals surface area (Å²) in [6, 6.07) is 3.39. The van der Waals surface area contributed by atoms with Gasteiger partial charge in [-0.05, 0) is 33.6 Å². The van der Waals surface area contributed by atoms with E-state index in [-0.39, 0.29) is 19.1 Å². The Kier molecular flexibility index (Phi) is 5.43. The Labute approximate surface area is 114 Å². The molecule has 5 nitrogen and oxygen atoms in total. The molecule has 1 amide bonds. The Morgan fingerprint density at radius 1 is 1.44 bits per heavy atom. The number of nitrogens with zero attached hydrogens (tertiary/aromatic N) is 1. The van der Waals surface area contributed by atoms with E-state index in [4.69, 9.17) is 14.6 Å². The predicted molar refractivity (Wildman–Crippen MR) is 70.8 cm³/mol. The van der Waals surface area contributed by atoms with Gasteiger partial charge in [0.25, 0.3) is 5.91 Å². The lowest BCUT2D eigenvalue weighted by atomic mass is 10.2. The van der Waals surface area contributed by atoms with Crippen LogP contribution in [0.3, 0.4) is 0 Å². The van der Waals surface area contributed by atoms with Gasteiger partial charge in [0.05, 0.1) is 18.2 Å². The number of ether oxygens (including phenoxy) is 2. The van der Waals surface area contributed by atoms with E-state index in [0.717, 1.165) is 0 Å². The summed E-state index contributed by atoms with van der Waals surface area (Å²) in [7, 11) is 4.82. The molecular weight excluding hydrogens is 302 g/mol. The molecule has 1 aromatic carbocycles. The van der Waals surface area contributed by atoms with E-state index >= 15 is 0 Å². The molecule has 0 aliphatic rings. The fourth-order valence-corrected chi connectivity index (χ4v) is 1.87. The van der Waals surface area contributed by atoms with Gasteiger partial charge in [-0.15, -0.1) is 0 Å². The lowest BCUT2D eigenvalue weighted by Gasteiger charge is -2.15. The van der Waals surface area contributed by atoms with E-state index in [0.29, 0.717) is 21.5 Å². The second kappa shape index (κ2) is 6.61. The van der Waals surface area contributed by atoms with Crippen LogP contribution in [0.15, 0.2) is 16.6 Å². The van der Waals surface area contributed by atoms with Crippen LogP contribution in [0.5, 0.6) is 11.5 Å². The number of carbonyl (C=O) groups is 1. The molecule has 1 N–H and O–H groups in total. The molecule has 0 saturated heterocycles. The molecule has 0 heterocycles. The number of rotatable bonds is 5. The first-order valence-corrected chi connectivity index (χ1v) is 6.09. The van der Waals surface area contributed by atoms with Gasteiger partial charge in [0.2, 0.25) is 0 Å². The standard InChI is InChI=1S/C12H16BrNO4/c1-14(2)11(16)7-18-12-9(13)4-8(6-15)5-10(12)17-3/h4-5,15H,6-7H2,1-3H3. The molecule has 1 rings (SSSR count). The zero-order chi connectivity index (χ0) is 13.7. The van der Waals surface area contributed by atoms with E-state index in [1.165, 1.54) is 12.0 Å². The first kappa shape index (κ1) is 14.8. The maximum atomic E-state index is 11.5. The normalized spacial score (nSPS) is 10.1. The average molecular weight is 318 g/mol. The van der Waals surface area contributed by atoms with Crippen molar-refractivity contribution < 1.29 is 19.4 Å². The number of carbonyl (C=O) groups excluding carboxylic acids is 1. The van der Waals surface area contributed by atoms with Gasteiger partial charge in [-0.3, -0.25) is 4.79 Å². The number of hydrogen-bond donors (Lipinski definition) is 1. The second-order valence-corrected chi connectivity index (χ2v) is 4.70. The number of amides is 1. The lowest BCUT2D eigenvalue weighted by Crippen LogP contribution is -2.27. The molecule has 0 bridgehead atoms. The highest BCUT2D eigenvalue weighted by molar-refractivity contribution is 9.10. The van der Waals surface area contributed by atoms with Crippen molar-refractivity contribution in [2.75, 3.05) is 27.8 Å². The maximum absolute atomic E-state index is 11.5. The van der Waals surface area contributed by atoms with Crippen LogP contribution in [0.2, 0.25) is 0 Å². The molecule has 1 aromatic rings. The third-order valence-corrected chi connectivity index (χ3v) is 2.90. The van der Waals surface area contributed by atoms with E-state index < -0.39 is 0 Å². The van der Waals surface area contributed by atoms with Gasteiger partial charge in [0.1, 0.15) is 0 Å². The number of likely N-dealkylation sites (N-methyl/N-ethyl adjacent to an activating group) is 1. The predicted octanol–water partition coefficient (Wildman–Crippen LogP) is 1.42. The first-order valence-electron chi connectivity index (χ1n) is 5.29. The number of aliphatic hydroxyl groups excluding tert-OH is 1. The average Bonchev–Trinajstić information content (AvgIpc) is 2.35. The molecular formula is C12H16BrNO4. The third kappa shape index (κ3) is 3.61. The van der Waals surface area contributed by atoms with Gasteiger partial charge in [-0.1, -0.05) is 0 Å². The van der Waals surface area contributed by atoms with Gasteiger partial charge < -0.3 is 19.5 Å². The van der Waals surface area contributed by atoms with Crippen molar-refractivity contribution in [3.8, 4) is 11.5 Å². The van der Waals surface area contributed by atoms with Crippen molar-refractivity contribution in [3.05, 3.63) is 22.2 Å². The van der Waals surface area contributed by atoms with Gasteiger partial charge in [-0.2, -0.15) is 0 Å². The van der Waals surface area contributed by atoms with Crippen molar-refractivity contribution in [3.63, 3.8) is 0 Å². The SMILES string of the molecule is COc1cc(CO)cc(Br)c1OCC(=O)N(C)C. The summed E-state index contributed by atoms with van der Waals surface area (Å²) >= 11 is 3.33. The summed E-state index contributed by atoms with van der Waals surface area (Å²) in [6.45, 7) is -0.160. The van der Waals surface area contributed by atoms with Crippen LogP contribution < -0.4 is 9.47 Å². The summed E-state index contributed by atoms with van der Waals surface area (Å²) in [5.74, 6) is 0.778. The second-order valence-electron chi connectivity index (χ2n) is 3.84. The highest BCUT2D eigenvalue weighted by Crippen LogP contribution is 2.36. The van der Waals surface area contributed by atoms with Crippen LogP contribution in [0, 0.1) is 0 Å². The Bertz CT molecular complexity index is 434. The van der Waals surface area contributed by atoms with Crippen LogP contribution in [-0.2, 0) is 11.4 Å². The minimum atomic E-state index is -0.143. The fraction of sp³-hybridized carbons (Fsp3) is 0.417. The van der Waals surface area contributed by atoms with Crippen molar-refractivity contribution in [2.24, 2.45) is 0 Å². The lowest BCUT2D eigenvalue weighted by molar-refractivity contribution is -0.130. The van der Waals surface area contributed by atoms with E-state index in [2.05, 4.69) is 15.9 Å². The molecule has 18 heavy (non-hydrogen) atoms. The van der Waals surface area contributed by atoms with Crippen molar-refractivity contribution in [1.82, 2.24) is 4.90 Å². The molecule has 100 valence electrons. The van der Waals surface area contributed by atoms with Crippen LogP contribution in [0.4, 0.5) is 0 Å². The molecule has 0 unspecified atom stereocenters. The summed E-state index contributed by atoms with van der Waals surface area (Å²) in [5, 5.41) is 9.09. The molecule has 0 aliphatic heterocycles. The zero-order valence-electron chi connectivity index (χ0n) is 10.6. The number of hydrogen-bond acceptors (Lipinski definition) is 4. The fourth-order valence-electron chi connectivity index (χ4n) is 1.27. The highest BCUT2D eigenvalue weighted by Gasteiger charge is 2.13. The Morgan fingerprint density at radius 2 is 2.11 bits per heavy atom. The van der Waals surface area contributed by atoms with Crippen LogP contribution in [0.25, 0.3) is 0 Å². The van der Waals surface area contributed by atoms with Crippen LogP contribution >= 0.6 is 15.9 Å². The van der Waals surface area contributed by atoms with Crippen LogP contribution in [0.1, 0.15) is 5.56 Å². The summed E-state index contributed by atoms with van der Waals surface area (Å²) in [6.07, 6.45) is 0. The number of halogens is 1. The number of aliphatic hydroxyl groups is 1. The molecule has 0 atom stereocenters. The Hall–Kier alpha value is -1.27. The van der Waals surface area contributed by atoms with E-state index in [1.807, 2.05) is 0 Å². The van der Waals surface area contributed by atoms with Crippen molar-refractivity contribution >= 4 is 21.8 Å². The molecule has 0 aliphatic carbocycles. The minimum Gasteiger partial charge on any atom is -0.493 e. The van der Waals surface area contributed by atoms with Crippen molar-refractivity contribution in [2.45, 2.75) is 6.61 Å². The topological polar surface area (TPSA) is 59.0 Å². The van der Waals surface area contributed by atoms with Gasteiger partial charge >= 0.3 is 0 Å². The molecule has 0 fully saturated rings. The van der Waals surface area contributed by atoms with E-state index in [9.17, 15) is 4.79 Å². The molecule has 0 aromatic heterocycles. The number of benzene rings is 1. The van der Waals surface area contributed by atoms with Gasteiger partial charge in [0, 0.05) is 14.1 Å². The Morgan fingerprint density at radius 3 is 2.61 bits per heavy atom. The largest absolute Gasteiger partial charge is 0.493 e. The number of methoxy groups -OCH3 is 1. The summed E-state index contributed by atoms with van der Waals surface area (Å²) < 4.78 is 11.2. The monoisotopic (exact) mass is 317 g/mol. The van der Waals surface area contributed by atoms with Gasteiger partial charge in [-0.25, -0.2) is 0 Å². The van der Waals surface area contributed by atoms with E-state index in [1.54, 1.807) is 26.2 Å². The Balaban J connectivity index is 2.91. The first-order chi connectivity index (χ1) is 8.49. The third-order valence-electron chi connectivity index (χ3n) is 2.31.